The van der Waals surface area contributed by atoms with Crippen molar-refractivity contribution in [3.63, 3.8) is 0 Å². The fraction of sp³-hybridized carbons (Fsp3) is 0.222. The first-order valence-electron chi connectivity index (χ1n) is 7.72. The van der Waals surface area contributed by atoms with Gasteiger partial charge in [0.15, 0.2) is 11.6 Å². The largest absolute Gasteiger partial charge is 0.397 e. The number of benzene rings is 2. The first kappa shape index (κ1) is 18.0. The van der Waals surface area contributed by atoms with E-state index in [1.54, 1.807) is 30.3 Å². The van der Waals surface area contributed by atoms with Crippen molar-refractivity contribution in [2.75, 3.05) is 30.5 Å². The van der Waals surface area contributed by atoms with E-state index >= 15 is 0 Å². The Balaban J connectivity index is 2.22. The minimum absolute atomic E-state index is 0.0178. The lowest BCUT2D eigenvalue weighted by atomic mass is 9.83. The molecule has 0 heterocycles. The first-order valence-corrected chi connectivity index (χ1v) is 9.69. The summed E-state index contributed by atoms with van der Waals surface area (Å²) >= 11 is 2.66. The van der Waals surface area contributed by atoms with Gasteiger partial charge in [-0.25, -0.2) is 0 Å². The SMILES string of the molecule is Nc1c(SCCO)cc(SCCO)c2c1C(=O)c1ccccc1C2=O. The Hall–Kier alpha value is -1.80. The van der Waals surface area contributed by atoms with Crippen LogP contribution >= 0.6 is 23.5 Å². The number of ketones is 2. The Morgan fingerprint density at radius 3 is 1.92 bits per heavy atom. The summed E-state index contributed by atoms with van der Waals surface area (Å²) in [6, 6.07) is 8.49. The third kappa shape index (κ3) is 3.20. The number of aliphatic hydroxyl groups excluding tert-OH is 2. The Morgan fingerprint density at radius 2 is 1.36 bits per heavy atom. The van der Waals surface area contributed by atoms with E-state index in [4.69, 9.17) is 15.9 Å². The molecule has 0 radical (unpaired) electrons. The molecule has 2 aromatic carbocycles. The molecule has 0 unspecified atom stereocenters. The summed E-state index contributed by atoms with van der Waals surface area (Å²) in [7, 11) is 0. The third-order valence-corrected chi connectivity index (χ3v) is 5.92. The van der Waals surface area contributed by atoms with Crippen LogP contribution in [0.25, 0.3) is 0 Å². The Morgan fingerprint density at radius 1 is 0.840 bits per heavy atom. The van der Waals surface area contributed by atoms with Crippen LogP contribution in [0.2, 0.25) is 0 Å². The topological polar surface area (TPSA) is 101 Å². The number of aliphatic hydroxyl groups is 2. The van der Waals surface area contributed by atoms with Crippen molar-refractivity contribution in [1.29, 1.82) is 0 Å². The summed E-state index contributed by atoms with van der Waals surface area (Å²) in [6.07, 6.45) is 0. The zero-order valence-electron chi connectivity index (χ0n) is 13.3. The monoisotopic (exact) mass is 375 g/mol. The molecule has 5 nitrogen and oxygen atoms in total. The number of rotatable bonds is 6. The molecule has 1 aliphatic carbocycles. The van der Waals surface area contributed by atoms with Gasteiger partial charge in [-0.05, 0) is 6.07 Å². The highest BCUT2D eigenvalue weighted by Gasteiger charge is 2.34. The molecule has 7 heteroatoms. The van der Waals surface area contributed by atoms with Crippen molar-refractivity contribution >= 4 is 40.8 Å². The molecular weight excluding hydrogens is 358 g/mol. The second-order valence-electron chi connectivity index (χ2n) is 5.38. The molecular formula is C18H17NO4S2. The highest BCUT2D eigenvalue weighted by Crippen LogP contribution is 2.41. The van der Waals surface area contributed by atoms with Crippen LogP contribution in [0, 0.1) is 0 Å². The molecule has 0 atom stereocenters. The van der Waals surface area contributed by atoms with E-state index in [0.29, 0.717) is 38.0 Å². The summed E-state index contributed by atoms with van der Waals surface area (Å²) in [5, 5.41) is 18.2. The van der Waals surface area contributed by atoms with Crippen LogP contribution in [0.5, 0.6) is 0 Å². The van der Waals surface area contributed by atoms with Crippen LogP contribution in [0.3, 0.4) is 0 Å². The third-order valence-electron chi connectivity index (χ3n) is 3.86. The van der Waals surface area contributed by atoms with Crippen molar-refractivity contribution in [1.82, 2.24) is 0 Å². The lowest BCUT2D eigenvalue weighted by Gasteiger charge is -2.23. The summed E-state index contributed by atoms with van der Waals surface area (Å²) in [5.41, 5.74) is 7.76. The van der Waals surface area contributed by atoms with Crippen molar-refractivity contribution in [2.45, 2.75) is 9.79 Å². The van der Waals surface area contributed by atoms with E-state index in [0.717, 1.165) is 0 Å². The van der Waals surface area contributed by atoms with E-state index < -0.39 is 0 Å². The number of nitrogen functional groups attached to an aromatic ring is 1. The molecule has 3 rings (SSSR count). The molecule has 0 saturated carbocycles. The smallest absolute Gasteiger partial charge is 0.196 e. The normalized spacial score (nSPS) is 12.9. The van der Waals surface area contributed by atoms with Gasteiger partial charge < -0.3 is 15.9 Å². The number of hydrogen-bond donors (Lipinski definition) is 3. The number of anilines is 1. The van der Waals surface area contributed by atoms with Gasteiger partial charge in [0.25, 0.3) is 0 Å². The van der Waals surface area contributed by atoms with E-state index in [2.05, 4.69) is 0 Å². The molecule has 0 bridgehead atoms. The van der Waals surface area contributed by atoms with Crippen LogP contribution in [0.1, 0.15) is 31.8 Å². The highest BCUT2D eigenvalue weighted by molar-refractivity contribution is 8.00. The average Bonchev–Trinajstić information content (AvgIpc) is 2.63. The van der Waals surface area contributed by atoms with Crippen molar-refractivity contribution in [2.24, 2.45) is 0 Å². The number of carbonyl (C=O) groups is 2. The van der Waals surface area contributed by atoms with Gasteiger partial charge in [-0.2, -0.15) is 0 Å². The first-order chi connectivity index (χ1) is 12.1. The predicted molar refractivity (Wildman–Crippen MR) is 99.8 cm³/mol. The molecule has 2 aromatic rings. The van der Waals surface area contributed by atoms with Crippen molar-refractivity contribution < 1.29 is 19.8 Å². The molecule has 0 aromatic heterocycles. The molecule has 1 aliphatic rings. The minimum atomic E-state index is -0.264. The zero-order chi connectivity index (χ0) is 18.0. The second-order valence-corrected chi connectivity index (χ2v) is 7.66. The lowest BCUT2D eigenvalue weighted by molar-refractivity contribution is 0.0977. The van der Waals surface area contributed by atoms with Crippen LogP contribution < -0.4 is 5.73 Å². The van der Waals surface area contributed by atoms with Gasteiger partial charge >= 0.3 is 0 Å². The fourth-order valence-electron chi connectivity index (χ4n) is 2.80. The van der Waals surface area contributed by atoms with Gasteiger partial charge in [0.2, 0.25) is 0 Å². The van der Waals surface area contributed by atoms with E-state index in [9.17, 15) is 9.59 Å². The van der Waals surface area contributed by atoms with Gasteiger partial charge in [-0.1, -0.05) is 24.3 Å². The van der Waals surface area contributed by atoms with Gasteiger partial charge in [-0.3, -0.25) is 9.59 Å². The Bertz CT molecular complexity index is 851. The van der Waals surface area contributed by atoms with E-state index in [1.165, 1.54) is 23.5 Å². The molecule has 0 saturated heterocycles. The number of hydrogen-bond acceptors (Lipinski definition) is 7. The summed E-state index contributed by atoms with van der Waals surface area (Å²) in [4.78, 5) is 27.3. The predicted octanol–water partition coefficient (Wildman–Crippen LogP) is 2.21. The molecule has 0 fully saturated rings. The molecule has 4 N–H and O–H groups in total. The van der Waals surface area contributed by atoms with Crippen LogP contribution in [-0.4, -0.2) is 46.5 Å². The lowest BCUT2D eigenvalue weighted by Crippen LogP contribution is -2.23. The highest BCUT2D eigenvalue weighted by atomic mass is 32.2. The number of nitrogens with two attached hydrogens (primary N) is 1. The van der Waals surface area contributed by atoms with Gasteiger partial charge in [0, 0.05) is 38.0 Å². The Kier molecular flexibility index (Phi) is 5.48. The average molecular weight is 375 g/mol. The van der Waals surface area contributed by atoms with Crippen LogP contribution in [-0.2, 0) is 0 Å². The molecule has 25 heavy (non-hydrogen) atoms. The molecule has 0 amide bonds. The van der Waals surface area contributed by atoms with Gasteiger partial charge in [0.05, 0.1) is 24.5 Å². The molecule has 130 valence electrons. The van der Waals surface area contributed by atoms with Gasteiger partial charge in [0.1, 0.15) is 0 Å². The number of carbonyl (C=O) groups excluding carboxylic acids is 2. The molecule has 0 spiro atoms. The fourth-order valence-corrected chi connectivity index (χ4v) is 4.50. The van der Waals surface area contributed by atoms with E-state index in [1.807, 2.05) is 0 Å². The summed E-state index contributed by atoms with van der Waals surface area (Å²) in [6.45, 7) is -0.0579. The van der Waals surface area contributed by atoms with E-state index in [-0.39, 0.29) is 36.0 Å². The molecule has 0 aliphatic heterocycles. The second kappa shape index (κ2) is 7.61. The van der Waals surface area contributed by atoms with Crippen molar-refractivity contribution in [3.8, 4) is 0 Å². The maximum atomic E-state index is 13.0. The standard InChI is InChI=1S/C18H17NO4S2/c19-16-13(25-8-6-21)9-12(24-7-5-20)14-15(16)18(23)11-4-2-1-3-10(11)17(14)22/h1-4,9,20-21H,5-8,19H2. The van der Waals surface area contributed by atoms with Gasteiger partial charge in [-0.15, -0.1) is 23.5 Å². The maximum absolute atomic E-state index is 13.0. The van der Waals surface area contributed by atoms with Crippen LogP contribution in [0.15, 0.2) is 40.1 Å². The maximum Gasteiger partial charge on any atom is 0.196 e. The zero-order valence-corrected chi connectivity index (χ0v) is 15.0. The van der Waals surface area contributed by atoms with Crippen molar-refractivity contribution in [3.05, 3.63) is 52.6 Å². The van der Waals surface area contributed by atoms with Crippen LogP contribution in [0.4, 0.5) is 5.69 Å². The number of fused-ring (bicyclic) bond motifs is 2. The summed E-state index contributed by atoms with van der Waals surface area (Å²) in [5.74, 6) is 0.353. The number of thioether (sulfide) groups is 2. The minimum Gasteiger partial charge on any atom is -0.397 e. The summed E-state index contributed by atoms with van der Waals surface area (Å²) < 4.78 is 0. The quantitative estimate of drug-likeness (QED) is 0.448. The Labute approximate surface area is 153 Å².